The monoisotopic (exact) mass is 394 g/mol. The third-order valence-corrected chi connectivity index (χ3v) is 4.44. The number of ether oxygens (including phenoxy) is 3. The molecule has 1 aliphatic rings. The molecule has 0 radical (unpaired) electrons. The number of ketones is 1. The molecule has 0 saturated carbocycles. The van der Waals surface area contributed by atoms with E-state index in [1.807, 2.05) is 0 Å². The van der Waals surface area contributed by atoms with Crippen molar-refractivity contribution in [2.75, 3.05) is 19.8 Å². The molecule has 0 aliphatic carbocycles. The molecule has 0 spiro atoms. The minimum Gasteiger partial charge on any atom is -0.490 e. The third-order valence-electron chi connectivity index (χ3n) is 3.72. The summed E-state index contributed by atoms with van der Waals surface area (Å²) in [6.45, 7) is 0.609. The molecule has 0 unspecified atom stereocenters. The Morgan fingerprint density at radius 1 is 1.00 bits per heavy atom. The van der Waals surface area contributed by atoms with E-state index in [9.17, 15) is 18.4 Å². The molecule has 2 aromatic carbocycles. The van der Waals surface area contributed by atoms with Crippen molar-refractivity contribution in [3.05, 3.63) is 53.6 Å². The summed E-state index contributed by atoms with van der Waals surface area (Å²) in [6, 6.07) is 10.4. The lowest BCUT2D eigenvalue weighted by Crippen LogP contribution is -2.14. The first-order valence-electron chi connectivity index (χ1n) is 8.18. The standard InChI is InChI=1S/C19H16F2O5S/c20-19(21)27-14-5-2-12(3-6-14)18(23)26-11-15(22)13-4-7-16-17(10-13)25-9-1-8-24-16/h2-7,10,19H,1,8-9,11H2. The fraction of sp³-hybridized carbons (Fsp3) is 0.263. The molecule has 1 aliphatic heterocycles. The lowest BCUT2D eigenvalue weighted by molar-refractivity contribution is 0.0474. The first kappa shape index (κ1) is 19.2. The number of benzene rings is 2. The van der Waals surface area contributed by atoms with Gasteiger partial charge >= 0.3 is 5.97 Å². The van der Waals surface area contributed by atoms with Crippen LogP contribution in [-0.2, 0) is 4.74 Å². The number of carbonyl (C=O) groups excluding carboxylic acids is 2. The first-order chi connectivity index (χ1) is 13.0. The molecule has 1 heterocycles. The van der Waals surface area contributed by atoms with E-state index in [4.69, 9.17) is 14.2 Å². The normalized spacial score (nSPS) is 13.1. The van der Waals surface area contributed by atoms with Crippen molar-refractivity contribution < 1.29 is 32.6 Å². The number of hydrogen-bond acceptors (Lipinski definition) is 6. The minimum atomic E-state index is -2.53. The third kappa shape index (κ3) is 5.19. The summed E-state index contributed by atoms with van der Waals surface area (Å²) in [6.07, 6.45) is 0.754. The van der Waals surface area contributed by atoms with E-state index in [0.29, 0.717) is 46.9 Å². The lowest BCUT2D eigenvalue weighted by atomic mass is 10.1. The van der Waals surface area contributed by atoms with Gasteiger partial charge in [0.05, 0.1) is 18.8 Å². The summed E-state index contributed by atoms with van der Waals surface area (Å²) in [5, 5.41) is 0. The number of esters is 1. The zero-order chi connectivity index (χ0) is 19.2. The van der Waals surface area contributed by atoms with E-state index >= 15 is 0 Å². The van der Waals surface area contributed by atoms with Crippen molar-refractivity contribution in [3.8, 4) is 11.5 Å². The van der Waals surface area contributed by atoms with Crippen LogP contribution in [-0.4, -0.2) is 37.3 Å². The van der Waals surface area contributed by atoms with Gasteiger partial charge in [0.2, 0.25) is 0 Å². The maximum absolute atomic E-state index is 12.3. The van der Waals surface area contributed by atoms with Crippen molar-refractivity contribution in [3.63, 3.8) is 0 Å². The summed E-state index contributed by atoms with van der Waals surface area (Å²) in [5.74, 6) is -2.56. The van der Waals surface area contributed by atoms with Crippen LogP contribution < -0.4 is 9.47 Å². The summed E-state index contributed by atoms with van der Waals surface area (Å²) >= 11 is 0.385. The lowest BCUT2D eigenvalue weighted by Gasteiger charge is -2.09. The molecule has 0 bridgehead atoms. The van der Waals surface area contributed by atoms with Crippen molar-refractivity contribution >= 4 is 23.5 Å². The van der Waals surface area contributed by atoms with Crippen molar-refractivity contribution in [1.82, 2.24) is 0 Å². The van der Waals surface area contributed by atoms with Gasteiger partial charge in [-0.3, -0.25) is 4.79 Å². The highest BCUT2D eigenvalue weighted by Gasteiger charge is 2.16. The SMILES string of the molecule is O=C(COC(=O)c1ccc(SC(F)F)cc1)c1ccc2c(c1)OCCCO2. The van der Waals surface area contributed by atoms with E-state index in [1.165, 1.54) is 24.3 Å². The summed E-state index contributed by atoms with van der Waals surface area (Å²) < 4.78 is 40.6. The van der Waals surface area contributed by atoms with Gasteiger partial charge in [-0.1, -0.05) is 11.8 Å². The highest BCUT2D eigenvalue weighted by Crippen LogP contribution is 2.30. The van der Waals surface area contributed by atoms with Crippen molar-refractivity contribution in [1.29, 1.82) is 0 Å². The molecule has 0 N–H and O–H groups in total. The molecule has 0 aromatic heterocycles. The zero-order valence-corrected chi connectivity index (χ0v) is 15.0. The number of hydrogen-bond donors (Lipinski definition) is 0. The number of carbonyl (C=O) groups is 2. The molecule has 2 aromatic rings. The summed E-state index contributed by atoms with van der Waals surface area (Å²) in [4.78, 5) is 24.6. The van der Waals surface area contributed by atoms with Crippen LogP contribution in [0.3, 0.4) is 0 Å². The average molecular weight is 394 g/mol. The second-order valence-electron chi connectivity index (χ2n) is 5.61. The van der Waals surface area contributed by atoms with Crippen molar-refractivity contribution in [2.45, 2.75) is 17.1 Å². The predicted octanol–water partition coefficient (Wildman–Crippen LogP) is 4.20. The highest BCUT2D eigenvalue weighted by molar-refractivity contribution is 7.99. The average Bonchev–Trinajstić information content (AvgIpc) is 2.90. The van der Waals surface area contributed by atoms with Crippen LogP contribution >= 0.6 is 11.8 Å². The van der Waals surface area contributed by atoms with E-state index < -0.39 is 18.3 Å². The fourth-order valence-corrected chi connectivity index (χ4v) is 2.91. The molecule has 0 fully saturated rings. The van der Waals surface area contributed by atoms with Gasteiger partial charge in [0.1, 0.15) is 0 Å². The van der Waals surface area contributed by atoms with Crippen LogP contribution in [0.15, 0.2) is 47.4 Å². The second kappa shape index (κ2) is 8.85. The number of Topliss-reactive ketones (excluding diaryl/α,β-unsaturated/α-hetero) is 1. The Morgan fingerprint density at radius 3 is 2.37 bits per heavy atom. The molecule has 0 amide bonds. The van der Waals surface area contributed by atoms with Crippen molar-refractivity contribution in [2.24, 2.45) is 0 Å². The van der Waals surface area contributed by atoms with Gasteiger partial charge in [-0.05, 0) is 42.5 Å². The van der Waals surface area contributed by atoms with Crippen LogP contribution in [0, 0.1) is 0 Å². The van der Waals surface area contributed by atoms with Gasteiger partial charge in [-0.2, -0.15) is 8.78 Å². The number of rotatable bonds is 6. The van der Waals surface area contributed by atoms with Gasteiger partial charge < -0.3 is 14.2 Å². The van der Waals surface area contributed by atoms with Crippen LogP contribution in [0.25, 0.3) is 0 Å². The van der Waals surface area contributed by atoms with E-state index in [1.54, 1.807) is 18.2 Å². The predicted molar refractivity (Wildman–Crippen MR) is 95.0 cm³/mol. The maximum Gasteiger partial charge on any atom is 0.338 e. The quantitative estimate of drug-likeness (QED) is 0.416. The largest absolute Gasteiger partial charge is 0.490 e. The topological polar surface area (TPSA) is 61.8 Å². The van der Waals surface area contributed by atoms with E-state index in [2.05, 4.69) is 0 Å². The molecule has 3 rings (SSSR count). The number of alkyl halides is 2. The molecule has 8 heteroatoms. The van der Waals surface area contributed by atoms with Crippen LogP contribution in [0.4, 0.5) is 8.78 Å². The van der Waals surface area contributed by atoms with Gasteiger partial charge in [-0.25, -0.2) is 4.79 Å². The molecule has 5 nitrogen and oxygen atoms in total. The van der Waals surface area contributed by atoms with Gasteiger partial charge in [-0.15, -0.1) is 0 Å². The van der Waals surface area contributed by atoms with Gasteiger partial charge in [0, 0.05) is 16.9 Å². The number of halogens is 2. The van der Waals surface area contributed by atoms with Gasteiger partial charge in [0.15, 0.2) is 23.9 Å². The Morgan fingerprint density at radius 2 is 1.67 bits per heavy atom. The van der Waals surface area contributed by atoms with Crippen LogP contribution in [0.1, 0.15) is 27.1 Å². The molecular formula is C19H16F2O5S. The Balaban J connectivity index is 1.58. The molecule has 0 atom stereocenters. The zero-order valence-electron chi connectivity index (χ0n) is 14.2. The first-order valence-corrected chi connectivity index (χ1v) is 9.06. The Bertz CT molecular complexity index is 823. The van der Waals surface area contributed by atoms with E-state index in [0.717, 1.165) is 6.42 Å². The molecule has 0 saturated heterocycles. The fourth-order valence-electron chi connectivity index (χ4n) is 2.41. The summed E-state index contributed by atoms with van der Waals surface area (Å²) in [7, 11) is 0. The number of thioether (sulfide) groups is 1. The highest BCUT2D eigenvalue weighted by atomic mass is 32.2. The Labute approximate surface area is 158 Å². The van der Waals surface area contributed by atoms with Crippen LogP contribution in [0.2, 0.25) is 0 Å². The smallest absolute Gasteiger partial charge is 0.338 e. The molecular weight excluding hydrogens is 378 g/mol. The minimum absolute atomic E-state index is 0.181. The van der Waals surface area contributed by atoms with Crippen LogP contribution in [0.5, 0.6) is 11.5 Å². The maximum atomic E-state index is 12.3. The number of fused-ring (bicyclic) bond motifs is 1. The van der Waals surface area contributed by atoms with Gasteiger partial charge in [0.25, 0.3) is 5.76 Å². The Kier molecular flexibility index (Phi) is 6.28. The summed E-state index contributed by atoms with van der Waals surface area (Å²) in [5.41, 5.74) is 0.524. The molecule has 27 heavy (non-hydrogen) atoms. The van der Waals surface area contributed by atoms with E-state index in [-0.39, 0.29) is 11.3 Å². The molecule has 142 valence electrons. The Hall–Kier alpha value is -2.61. The second-order valence-corrected chi connectivity index (χ2v) is 6.68.